The zero-order valence-electron chi connectivity index (χ0n) is 9.25. The van der Waals surface area contributed by atoms with Crippen LogP contribution in [0.15, 0.2) is 63.2 Å². The summed E-state index contributed by atoms with van der Waals surface area (Å²) in [5, 5.41) is 10.3. The monoisotopic (exact) mass is 317 g/mol. The van der Waals surface area contributed by atoms with Crippen LogP contribution in [0.5, 0.6) is 0 Å². The van der Waals surface area contributed by atoms with Crippen LogP contribution in [0.1, 0.15) is 0 Å². The number of nitrogens with zero attached hydrogens (tertiary/aromatic N) is 3. The van der Waals surface area contributed by atoms with Gasteiger partial charge >= 0.3 is 0 Å². The van der Waals surface area contributed by atoms with E-state index in [0.29, 0.717) is 0 Å². The van der Waals surface area contributed by atoms with Crippen LogP contribution in [0.2, 0.25) is 0 Å². The highest BCUT2D eigenvalue weighted by Crippen LogP contribution is 2.33. The van der Waals surface area contributed by atoms with Crippen LogP contribution < -0.4 is 0 Å². The third-order valence-corrected chi connectivity index (χ3v) is 3.69. The SMILES string of the molecule is Brc1ccc2c(N=Nc3ccccc3)snc2c1. The van der Waals surface area contributed by atoms with Crippen LogP contribution in [0, 0.1) is 0 Å². The van der Waals surface area contributed by atoms with E-state index in [4.69, 9.17) is 0 Å². The number of hydrogen-bond donors (Lipinski definition) is 0. The maximum Gasteiger partial charge on any atom is 0.166 e. The Hall–Kier alpha value is -1.59. The summed E-state index contributed by atoms with van der Waals surface area (Å²) in [6, 6.07) is 15.6. The highest BCUT2D eigenvalue weighted by Gasteiger charge is 2.05. The molecule has 18 heavy (non-hydrogen) atoms. The first-order valence-electron chi connectivity index (χ1n) is 5.35. The molecule has 0 bridgehead atoms. The second-order valence-electron chi connectivity index (χ2n) is 3.68. The van der Waals surface area contributed by atoms with Gasteiger partial charge in [0.1, 0.15) is 0 Å². The number of aromatic nitrogens is 1. The van der Waals surface area contributed by atoms with Crippen molar-refractivity contribution in [2.75, 3.05) is 0 Å². The average molecular weight is 318 g/mol. The van der Waals surface area contributed by atoms with Crippen molar-refractivity contribution in [1.82, 2.24) is 4.37 Å². The Morgan fingerprint density at radius 3 is 2.67 bits per heavy atom. The first-order valence-corrected chi connectivity index (χ1v) is 6.91. The molecule has 88 valence electrons. The Kier molecular flexibility index (Phi) is 3.17. The number of fused-ring (bicyclic) bond motifs is 1. The van der Waals surface area contributed by atoms with Crippen molar-refractivity contribution >= 4 is 49.1 Å². The molecule has 0 saturated heterocycles. The van der Waals surface area contributed by atoms with Gasteiger partial charge in [-0.25, -0.2) is 0 Å². The van der Waals surface area contributed by atoms with Crippen molar-refractivity contribution in [3.63, 3.8) is 0 Å². The lowest BCUT2D eigenvalue weighted by Gasteiger charge is -1.91. The minimum Gasteiger partial charge on any atom is -0.190 e. The third kappa shape index (κ3) is 2.32. The van der Waals surface area contributed by atoms with Gasteiger partial charge in [0, 0.05) is 9.86 Å². The minimum atomic E-state index is 0.835. The highest BCUT2D eigenvalue weighted by molar-refractivity contribution is 9.10. The molecule has 2 aromatic carbocycles. The van der Waals surface area contributed by atoms with Crippen LogP contribution in [-0.4, -0.2) is 4.37 Å². The highest BCUT2D eigenvalue weighted by atomic mass is 79.9. The predicted octanol–water partition coefficient (Wildman–Crippen LogP) is 5.47. The average Bonchev–Trinajstić information content (AvgIpc) is 2.80. The predicted molar refractivity (Wildman–Crippen MR) is 77.9 cm³/mol. The standard InChI is InChI=1S/C13H8BrN3S/c14-9-6-7-11-12(8-9)17-18-13(11)16-15-10-4-2-1-3-5-10/h1-8H. The molecule has 0 unspecified atom stereocenters. The van der Waals surface area contributed by atoms with Crippen molar-refractivity contribution in [2.24, 2.45) is 10.2 Å². The lowest BCUT2D eigenvalue weighted by atomic mass is 10.2. The molecule has 0 aliphatic rings. The molecule has 1 heterocycles. The van der Waals surface area contributed by atoms with E-state index in [1.54, 1.807) is 0 Å². The van der Waals surface area contributed by atoms with Gasteiger partial charge in [-0.05, 0) is 41.9 Å². The Morgan fingerprint density at radius 2 is 1.83 bits per heavy atom. The summed E-state index contributed by atoms with van der Waals surface area (Å²) in [5.41, 5.74) is 1.78. The Bertz CT molecular complexity index is 707. The van der Waals surface area contributed by atoms with E-state index in [1.807, 2.05) is 48.5 Å². The van der Waals surface area contributed by atoms with Crippen LogP contribution in [0.4, 0.5) is 10.7 Å². The molecule has 0 radical (unpaired) electrons. The molecular formula is C13H8BrN3S. The van der Waals surface area contributed by atoms with E-state index in [9.17, 15) is 0 Å². The number of hydrogen-bond acceptors (Lipinski definition) is 4. The first-order chi connectivity index (χ1) is 8.83. The first kappa shape index (κ1) is 11.5. The molecule has 3 rings (SSSR count). The molecule has 0 aliphatic heterocycles. The molecule has 0 atom stereocenters. The second-order valence-corrected chi connectivity index (χ2v) is 5.35. The Balaban J connectivity index is 1.98. The normalized spacial score (nSPS) is 11.4. The third-order valence-electron chi connectivity index (χ3n) is 2.43. The van der Waals surface area contributed by atoms with E-state index < -0.39 is 0 Å². The van der Waals surface area contributed by atoms with Gasteiger partial charge in [-0.15, -0.1) is 10.2 Å². The van der Waals surface area contributed by atoms with Crippen molar-refractivity contribution in [1.29, 1.82) is 0 Å². The molecule has 0 N–H and O–H groups in total. The maximum atomic E-state index is 4.35. The summed E-state index contributed by atoms with van der Waals surface area (Å²) in [5.74, 6) is 0. The molecule has 0 spiro atoms. The van der Waals surface area contributed by atoms with Crippen LogP contribution in [0.3, 0.4) is 0 Å². The smallest absolute Gasteiger partial charge is 0.166 e. The molecule has 0 fully saturated rings. The quantitative estimate of drug-likeness (QED) is 0.577. The van der Waals surface area contributed by atoms with E-state index in [2.05, 4.69) is 30.5 Å². The Morgan fingerprint density at radius 1 is 1.00 bits per heavy atom. The van der Waals surface area contributed by atoms with Crippen LogP contribution in [-0.2, 0) is 0 Å². The topological polar surface area (TPSA) is 37.6 Å². The van der Waals surface area contributed by atoms with E-state index in [0.717, 1.165) is 26.1 Å². The summed E-state index contributed by atoms with van der Waals surface area (Å²) in [7, 11) is 0. The molecular weight excluding hydrogens is 310 g/mol. The fraction of sp³-hybridized carbons (Fsp3) is 0. The van der Waals surface area contributed by atoms with Crippen molar-refractivity contribution in [2.45, 2.75) is 0 Å². The number of halogens is 1. The van der Waals surface area contributed by atoms with Gasteiger partial charge in [0.15, 0.2) is 5.00 Å². The number of benzene rings is 2. The zero-order valence-corrected chi connectivity index (χ0v) is 11.6. The lowest BCUT2D eigenvalue weighted by Crippen LogP contribution is -1.67. The van der Waals surface area contributed by atoms with Gasteiger partial charge in [0.05, 0.1) is 11.2 Å². The zero-order chi connectivity index (χ0) is 12.4. The molecule has 3 nitrogen and oxygen atoms in total. The van der Waals surface area contributed by atoms with Crippen LogP contribution >= 0.6 is 27.5 Å². The molecule has 0 amide bonds. The van der Waals surface area contributed by atoms with E-state index >= 15 is 0 Å². The van der Waals surface area contributed by atoms with Gasteiger partial charge in [0.25, 0.3) is 0 Å². The van der Waals surface area contributed by atoms with Gasteiger partial charge < -0.3 is 0 Å². The van der Waals surface area contributed by atoms with Gasteiger partial charge in [-0.1, -0.05) is 34.1 Å². The van der Waals surface area contributed by atoms with Crippen molar-refractivity contribution in [3.8, 4) is 0 Å². The molecule has 0 aliphatic carbocycles. The van der Waals surface area contributed by atoms with Gasteiger partial charge in [-0.3, -0.25) is 0 Å². The summed E-state index contributed by atoms with van der Waals surface area (Å²) in [6.45, 7) is 0. The van der Waals surface area contributed by atoms with Gasteiger partial charge in [-0.2, -0.15) is 4.37 Å². The number of rotatable bonds is 2. The van der Waals surface area contributed by atoms with Crippen molar-refractivity contribution < 1.29 is 0 Å². The Labute approximate surface area is 116 Å². The fourth-order valence-electron chi connectivity index (χ4n) is 1.57. The largest absolute Gasteiger partial charge is 0.190 e. The lowest BCUT2D eigenvalue weighted by molar-refractivity contribution is 1.26. The molecule has 5 heteroatoms. The molecule has 3 aromatic rings. The van der Waals surface area contributed by atoms with E-state index in [-0.39, 0.29) is 0 Å². The maximum absolute atomic E-state index is 4.35. The second kappa shape index (κ2) is 4.96. The van der Waals surface area contributed by atoms with E-state index in [1.165, 1.54) is 11.5 Å². The summed E-state index contributed by atoms with van der Waals surface area (Å²) in [4.78, 5) is 0. The van der Waals surface area contributed by atoms with Crippen LogP contribution in [0.25, 0.3) is 10.9 Å². The summed E-state index contributed by atoms with van der Waals surface area (Å²) >= 11 is 4.79. The fourth-order valence-corrected chi connectivity index (χ4v) is 2.61. The molecule has 1 aromatic heterocycles. The minimum absolute atomic E-state index is 0.835. The molecule has 0 saturated carbocycles. The van der Waals surface area contributed by atoms with Crippen molar-refractivity contribution in [3.05, 3.63) is 53.0 Å². The number of azo groups is 1. The summed E-state index contributed by atoms with van der Waals surface area (Å²) in [6.07, 6.45) is 0. The van der Waals surface area contributed by atoms with Gasteiger partial charge in [0.2, 0.25) is 0 Å². The summed E-state index contributed by atoms with van der Waals surface area (Å²) < 4.78 is 5.37.